The van der Waals surface area contributed by atoms with Crippen LogP contribution in [0.25, 0.3) is 16.9 Å². The molecule has 1 aliphatic rings. The highest BCUT2D eigenvalue weighted by Gasteiger charge is 2.34. The summed E-state index contributed by atoms with van der Waals surface area (Å²) in [7, 11) is 0. The quantitative estimate of drug-likeness (QED) is 0.271. The highest BCUT2D eigenvalue weighted by atomic mass is 19.3. The Labute approximate surface area is 233 Å². The number of rotatable bonds is 11. The van der Waals surface area contributed by atoms with Gasteiger partial charge in [0.15, 0.2) is 0 Å². The number of hydrogen-bond acceptors (Lipinski definition) is 7. The molecule has 218 valence electrons. The lowest BCUT2D eigenvalue weighted by Gasteiger charge is -2.39. The van der Waals surface area contributed by atoms with Crippen LogP contribution in [0.1, 0.15) is 42.6 Å². The Kier molecular flexibility index (Phi) is 8.67. The minimum absolute atomic E-state index is 0.0336. The Bertz CT molecular complexity index is 1460. The van der Waals surface area contributed by atoms with Gasteiger partial charge in [-0.1, -0.05) is 0 Å². The van der Waals surface area contributed by atoms with E-state index in [0.717, 1.165) is 0 Å². The van der Waals surface area contributed by atoms with Crippen LogP contribution in [0.2, 0.25) is 0 Å². The van der Waals surface area contributed by atoms with Gasteiger partial charge < -0.3 is 25.7 Å². The molecule has 1 saturated carbocycles. The number of nitriles is 1. The van der Waals surface area contributed by atoms with E-state index in [2.05, 4.69) is 20.7 Å². The maximum absolute atomic E-state index is 14.3. The molecule has 11 nitrogen and oxygen atoms in total. The third-order valence-electron chi connectivity index (χ3n) is 6.95. The molecule has 0 unspecified atom stereocenters. The number of amides is 2. The van der Waals surface area contributed by atoms with E-state index in [4.69, 9.17) is 5.26 Å². The highest BCUT2D eigenvalue weighted by Crippen LogP contribution is 2.33. The Morgan fingerprint density at radius 1 is 1.24 bits per heavy atom. The van der Waals surface area contributed by atoms with Crippen molar-refractivity contribution in [3.63, 3.8) is 0 Å². The topological polar surface area (TPSA) is 156 Å². The van der Waals surface area contributed by atoms with E-state index in [1.54, 1.807) is 28.8 Å². The Morgan fingerprint density at radius 2 is 1.98 bits per heavy atom. The van der Waals surface area contributed by atoms with E-state index in [-0.39, 0.29) is 24.1 Å². The number of carboxylic acid groups (broad SMARTS) is 1. The molecule has 0 bridgehead atoms. The molecule has 0 radical (unpaired) electrons. The fraction of sp³-hybridized carbons (Fsp3) is 0.444. The molecule has 14 heteroatoms. The number of carbonyl (C=O) groups excluding carboxylic acids is 1. The number of nitrogens with one attached hydrogen (secondary N) is 2. The van der Waals surface area contributed by atoms with Gasteiger partial charge in [0.05, 0.1) is 58.6 Å². The van der Waals surface area contributed by atoms with E-state index >= 15 is 0 Å². The normalized spacial score (nSPS) is 17.5. The first kappa shape index (κ1) is 29.6. The molecule has 2 amide bonds. The molecule has 0 saturated heterocycles. The van der Waals surface area contributed by atoms with E-state index < -0.39 is 43.3 Å². The number of pyridine rings is 1. The second-order valence-corrected chi connectivity index (χ2v) is 10.6. The Morgan fingerprint density at radius 3 is 2.61 bits per heavy atom. The monoisotopic (exact) mass is 573 g/mol. The number of aromatic nitrogens is 3. The second-order valence-electron chi connectivity index (χ2n) is 10.6. The number of hydrogen-bond donors (Lipinski definition) is 4. The van der Waals surface area contributed by atoms with Gasteiger partial charge >= 0.3 is 6.09 Å². The number of aliphatic hydroxyl groups is 1. The number of anilines is 1. The summed E-state index contributed by atoms with van der Waals surface area (Å²) in [5, 5.41) is 38.2. The van der Waals surface area contributed by atoms with Gasteiger partial charge in [-0.2, -0.15) is 10.4 Å². The van der Waals surface area contributed by atoms with Gasteiger partial charge in [0.25, 0.3) is 12.3 Å². The number of alkyl halides is 3. The number of carbonyl (C=O) groups is 2. The molecule has 0 aromatic carbocycles. The van der Waals surface area contributed by atoms with Crippen molar-refractivity contribution in [2.24, 2.45) is 5.92 Å². The van der Waals surface area contributed by atoms with Crippen molar-refractivity contribution >= 4 is 23.2 Å². The molecule has 1 fully saturated rings. The molecule has 41 heavy (non-hydrogen) atoms. The molecule has 4 N–H and O–H groups in total. The minimum atomic E-state index is -2.78. The van der Waals surface area contributed by atoms with Gasteiger partial charge in [-0.15, -0.1) is 0 Å². The average Bonchev–Trinajstić information content (AvgIpc) is 3.31. The van der Waals surface area contributed by atoms with E-state index in [0.29, 0.717) is 45.9 Å². The van der Waals surface area contributed by atoms with Crippen molar-refractivity contribution in [2.45, 2.75) is 50.9 Å². The van der Waals surface area contributed by atoms with E-state index in [1.165, 1.54) is 26.2 Å². The molecule has 1 atom stereocenters. The lowest BCUT2D eigenvalue weighted by molar-refractivity contribution is -0.00178. The van der Waals surface area contributed by atoms with Crippen LogP contribution in [0.4, 0.5) is 23.7 Å². The van der Waals surface area contributed by atoms with Crippen LogP contribution in [-0.2, 0) is 0 Å². The molecule has 0 aliphatic heterocycles. The van der Waals surface area contributed by atoms with Crippen LogP contribution in [0, 0.1) is 17.2 Å². The zero-order valence-electron chi connectivity index (χ0n) is 22.4. The van der Waals surface area contributed by atoms with Crippen LogP contribution in [0.15, 0.2) is 36.7 Å². The molecular weight excluding hydrogens is 543 g/mol. The predicted octanol–water partition coefficient (Wildman–Crippen LogP) is 3.54. The number of nitrogens with zero attached hydrogens (tertiary/aromatic N) is 5. The maximum Gasteiger partial charge on any atom is 0.407 e. The number of fused-ring (bicyclic) bond motifs is 1. The van der Waals surface area contributed by atoms with Crippen molar-refractivity contribution < 1.29 is 33.0 Å². The lowest BCUT2D eigenvalue weighted by Crippen LogP contribution is -2.45. The van der Waals surface area contributed by atoms with Gasteiger partial charge in [0.1, 0.15) is 12.2 Å². The van der Waals surface area contributed by atoms with Gasteiger partial charge in [-0.3, -0.25) is 9.78 Å². The second kappa shape index (κ2) is 12.0. The first-order valence-corrected chi connectivity index (χ1v) is 12.9. The van der Waals surface area contributed by atoms with Gasteiger partial charge in [-0.25, -0.2) is 22.5 Å². The maximum atomic E-state index is 14.3. The molecule has 1 aliphatic carbocycles. The summed E-state index contributed by atoms with van der Waals surface area (Å²) < 4.78 is 41.4. The molecule has 3 heterocycles. The Balaban J connectivity index is 1.56. The summed E-state index contributed by atoms with van der Waals surface area (Å²) in [6, 6.07) is 8.66. The molecule has 3 aromatic rings. The summed E-state index contributed by atoms with van der Waals surface area (Å²) in [5.74, 6) is -0.770. The first-order valence-electron chi connectivity index (χ1n) is 12.9. The molecular formula is C27H30F3N7O4. The lowest BCUT2D eigenvalue weighted by atomic mass is 9.79. The summed E-state index contributed by atoms with van der Waals surface area (Å²) in [5.41, 5.74) is 0.918. The van der Waals surface area contributed by atoms with Crippen molar-refractivity contribution in [1.82, 2.24) is 24.8 Å². The summed E-state index contributed by atoms with van der Waals surface area (Å²) in [4.78, 5) is 29.4. The molecule has 4 rings (SSSR count). The zero-order chi connectivity index (χ0) is 29.9. The Hall–Kier alpha value is -4.38. The van der Waals surface area contributed by atoms with Crippen LogP contribution >= 0.6 is 0 Å². The molecule has 3 aromatic heterocycles. The fourth-order valence-electron chi connectivity index (χ4n) is 4.61. The van der Waals surface area contributed by atoms with Crippen molar-refractivity contribution in [1.29, 1.82) is 5.26 Å². The zero-order valence-corrected chi connectivity index (χ0v) is 22.4. The summed E-state index contributed by atoms with van der Waals surface area (Å²) >= 11 is 0. The van der Waals surface area contributed by atoms with Crippen LogP contribution in [0.5, 0.6) is 0 Å². The van der Waals surface area contributed by atoms with Crippen LogP contribution in [-0.4, -0.2) is 85.6 Å². The highest BCUT2D eigenvalue weighted by molar-refractivity contribution is 6.00. The van der Waals surface area contributed by atoms with Crippen molar-refractivity contribution in [3.8, 4) is 17.5 Å². The van der Waals surface area contributed by atoms with Crippen molar-refractivity contribution in [3.05, 3.63) is 47.8 Å². The average molecular weight is 574 g/mol. The standard InChI is InChI=1S/C27H30F3N7O4/c1-27(2,41)23(28)12-33-25(38)19-11-32-21(22-4-3-18-7-16(9-31)10-34-37(18)22)8-20(19)35-17-5-15(6-17)13-36(26(39)40)14-24(29)30/h3-4,7-8,10-11,15,17,23-24,41H,5-6,12-14H2,1-2H3,(H,32,35)(H,33,38)(H,39,40)/t15-,17-,23-/m1/s1. The fourth-order valence-corrected chi connectivity index (χ4v) is 4.61. The van der Waals surface area contributed by atoms with Crippen LogP contribution < -0.4 is 10.6 Å². The summed E-state index contributed by atoms with van der Waals surface area (Å²) in [6.45, 7) is 1.26. The molecule has 0 spiro atoms. The predicted molar refractivity (Wildman–Crippen MR) is 142 cm³/mol. The smallest absolute Gasteiger partial charge is 0.407 e. The van der Waals surface area contributed by atoms with Gasteiger partial charge in [0.2, 0.25) is 0 Å². The number of halogens is 3. The largest absolute Gasteiger partial charge is 0.465 e. The van der Waals surface area contributed by atoms with Crippen LogP contribution in [0.3, 0.4) is 0 Å². The third kappa shape index (κ3) is 7.04. The van der Waals surface area contributed by atoms with E-state index in [1.807, 2.05) is 6.07 Å². The van der Waals surface area contributed by atoms with E-state index in [9.17, 15) is 33.0 Å². The SMILES string of the molecule is CC(C)(O)[C@H](F)CNC(=O)c1cnc(-c2ccc3cc(C#N)cnn23)cc1N[C@H]1C[C@H](CN(CC(F)F)C(=O)O)C1. The van der Waals surface area contributed by atoms with Gasteiger partial charge in [-0.05, 0) is 56.9 Å². The van der Waals surface area contributed by atoms with Crippen molar-refractivity contribution in [2.75, 3.05) is 25.0 Å². The van der Waals surface area contributed by atoms with Gasteiger partial charge in [0, 0.05) is 18.8 Å². The summed E-state index contributed by atoms with van der Waals surface area (Å²) in [6.07, 6.45) is -2.21. The minimum Gasteiger partial charge on any atom is -0.465 e. The third-order valence-corrected chi connectivity index (χ3v) is 6.95. The first-order chi connectivity index (χ1) is 19.3.